The predicted molar refractivity (Wildman–Crippen MR) is 73.1 cm³/mol. The Bertz CT molecular complexity index is 494. The van der Waals surface area contributed by atoms with Gasteiger partial charge in [0.1, 0.15) is 0 Å². The third-order valence-electron chi connectivity index (χ3n) is 4.09. The summed E-state index contributed by atoms with van der Waals surface area (Å²) >= 11 is 6.01. The number of rotatable bonds is 2. The molecule has 1 aliphatic carbocycles. The fourth-order valence-electron chi connectivity index (χ4n) is 3.00. The highest BCUT2D eigenvalue weighted by Gasteiger charge is 2.51. The van der Waals surface area contributed by atoms with Crippen molar-refractivity contribution in [1.82, 2.24) is 5.32 Å². The van der Waals surface area contributed by atoms with E-state index in [1.165, 1.54) is 0 Å². The van der Waals surface area contributed by atoms with Gasteiger partial charge in [-0.15, -0.1) is 0 Å². The molecule has 1 heterocycles. The maximum Gasteiger partial charge on any atom is 0.253 e. The average molecular weight is 281 g/mol. The number of ether oxygens (including phenoxy) is 1. The monoisotopic (exact) mass is 280 g/mol. The summed E-state index contributed by atoms with van der Waals surface area (Å²) in [5, 5.41) is 3.40. The summed E-state index contributed by atoms with van der Waals surface area (Å²) in [6.07, 6.45) is 2.21. The molecule has 3 rings (SSSR count). The van der Waals surface area contributed by atoms with Crippen LogP contribution in [0.15, 0.2) is 24.3 Å². The van der Waals surface area contributed by atoms with Gasteiger partial charge in [-0.05, 0) is 25.0 Å². The van der Waals surface area contributed by atoms with Crippen LogP contribution in [0.5, 0.6) is 0 Å². The maximum absolute atomic E-state index is 12.2. The lowest BCUT2D eigenvalue weighted by molar-refractivity contribution is -0.117. The molecule has 1 aromatic rings. The van der Waals surface area contributed by atoms with E-state index < -0.39 is 0 Å². The number of benzene rings is 1. The van der Waals surface area contributed by atoms with Gasteiger partial charge in [-0.25, -0.2) is 0 Å². The normalized spacial score (nSPS) is 33.2. The number of hydrogen-bond acceptors (Lipinski definition) is 3. The number of nitrogens with two attached hydrogens (primary N) is 1. The standard InChI is InChI=1S/C14H17ClN2O2/c15-10-6-2-1-4-8(10)14(18)17-12-11(16)9-5-3-7-19-13(9)12/h1-2,4,6,9,11-13H,3,5,7,16H2,(H,17,18). The summed E-state index contributed by atoms with van der Waals surface area (Å²) in [6, 6.07) is 6.89. The van der Waals surface area contributed by atoms with Crippen LogP contribution in [0.25, 0.3) is 0 Å². The molecule has 4 atom stereocenters. The number of hydrogen-bond donors (Lipinski definition) is 2. The Balaban J connectivity index is 1.69. The largest absolute Gasteiger partial charge is 0.376 e. The van der Waals surface area contributed by atoms with Crippen molar-refractivity contribution in [2.24, 2.45) is 11.7 Å². The molecule has 3 N–H and O–H groups in total. The summed E-state index contributed by atoms with van der Waals surface area (Å²) in [7, 11) is 0. The van der Waals surface area contributed by atoms with Crippen molar-refractivity contribution in [1.29, 1.82) is 0 Å². The number of amides is 1. The van der Waals surface area contributed by atoms with Crippen LogP contribution in [0.2, 0.25) is 5.02 Å². The molecule has 0 aromatic heterocycles. The molecule has 1 saturated heterocycles. The van der Waals surface area contributed by atoms with Crippen molar-refractivity contribution in [2.45, 2.75) is 31.0 Å². The fourth-order valence-corrected chi connectivity index (χ4v) is 3.22. The second-order valence-corrected chi connectivity index (χ2v) is 5.61. The number of nitrogens with one attached hydrogen (secondary N) is 1. The number of carbonyl (C=O) groups excluding carboxylic acids is 1. The van der Waals surface area contributed by atoms with Gasteiger partial charge in [-0.3, -0.25) is 4.79 Å². The van der Waals surface area contributed by atoms with E-state index in [0.29, 0.717) is 16.5 Å². The van der Waals surface area contributed by atoms with Crippen LogP contribution in [0.3, 0.4) is 0 Å². The molecule has 19 heavy (non-hydrogen) atoms. The molecule has 0 radical (unpaired) electrons. The van der Waals surface area contributed by atoms with Crippen molar-refractivity contribution in [3.05, 3.63) is 34.9 Å². The highest BCUT2D eigenvalue weighted by Crippen LogP contribution is 2.37. The van der Waals surface area contributed by atoms with E-state index in [2.05, 4.69) is 5.32 Å². The van der Waals surface area contributed by atoms with E-state index in [-0.39, 0.29) is 24.1 Å². The Labute approximate surface area is 117 Å². The van der Waals surface area contributed by atoms with Crippen molar-refractivity contribution in [3.8, 4) is 0 Å². The van der Waals surface area contributed by atoms with Crippen molar-refractivity contribution in [2.75, 3.05) is 6.61 Å². The SMILES string of the molecule is NC1C2CCCOC2C1NC(=O)c1ccccc1Cl. The Kier molecular flexibility index (Phi) is 3.48. The molecule has 1 aromatic carbocycles. The van der Waals surface area contributed by atoms with Gasteiger partial charge < -0.3 is 15.8 Å². The first-order chi connectivity index (χ1) is 9.18. The summed E-state index contributed by atoms with van der Waals surface area (Å²) < 4.78 is 5.70. The molecule has 2 aliphatic rings. The van der Waals surface area contributed by atoms with Gasteiger partial charge in [-0.2, -0.15) is 0 Å². The van der Waals surface area contributed by atoms with Crippen LogP contribution in [0.1, 0.15) is 23.2 Å². The average Bonchev–Trinajstić information content (AvgIpc) is 2.44. The molecule has 1 amide bonds. The highest BCUT2D eigenvalue weighted by atomic mass is 35.5. The van der Waals surface area contributed by atoms with Crippen molar-refractivity contribution >= 4 is 17.5 Å². The van der Waals surface area contributed by atoms with Gasteiger partial charge in [0.25, 0.3) is 5.91 Å². The molecular weight excluding hydrogens is 264 g/mol. The second kappa shape index (κ2) is 5.12. The first kappa shape index (κ1) is 12.9. The lowest BCUT2D eigenvalue weighted by Crippen LogP contribution is -2.72. The van der Waals surface area contributed by atoms with Crippen LogP contribution in [0, 0.1) is 5.92 Å². The minimum atomic E-state index is -0.182. The Morgan fingerprint density at radius 1 is 1.42 bits per heavy atom. The molecule has 4 unspecified atom stereocenters. The third-order valence-corrected chi connectivity index (χ3v) is 4.42. The Morgan fingerprint density at radius 2 is 2.21 bits per heavy atom. The molecule has 1 saturated carbocycles. The van der Waals surface area contributed by atoms with Gasteiger partial charge in [0, 0.05) is 18.6 Å². The predicted octanol–water partition coefficient (Wildman–Crippen LogP) is 1.57. The van der Waals surface area contributed by atoms with Gasteiger partial charge >= 0.3 is 0 Å². The number of carbonyl (C=O) groups is 1. The third kappa shape index (κ3) is 2.24. The molecular formula is C14H17ClN2O2. The van der Waals surface area contributed by atoms with Crippen LogP contribution < -0.4 is 11.1 Å². The van der Waals surface area contributed by atoms with Crippen LogP contribution in [0.4, 0.5) is 0 Å². The van der Waals surface area contributed by atoms with Gasteiger partial charge in [0.15, 0.2) is 0 Å². The van der Waals surface area contributed by atoms with Crippen LogP contribution >= 0.6 is 11.6 Å². The zero-order valence-corrected chi connectivity index (χ0v) is 11.3. The second-order valence-electron chi connectivity index (χ2n) is 5.20. The molecule has 0 spiro atoms. The Hall–Kier alpha value is -1.10. The molecule has 1 aliphatic heterocycles. The van der Waals surface area contributed by atoms with Crippen LogP contribution in [-0.2, 0) is 4.74 Å². The van der Waals surface area contributed by atoms with E-state index >= 15 is 0 Å². The maximum atomic E-state index is 12.2. The quantitative estimate of drug-likeness (QED) is 0.864. The van der Waals surface area contributed by atoms with E-state index in [4.69, 9.17) is 22.1 Å². The van der Waals surface area contributed by atoms with E-state index in [0.717, 1.165) is 19.4 Å². The summed E-state index contributed by atoms with van der Waals surface area (Å²) in [4.78, 5) is 12.2. The zero-order chi connectivity index (χ0) is 13.4. The smallest absolute Gasteiger partial charge is 0.253 e. The first-order valence-electron chi connectivity index (χ1n) is 6.61. The van der Waals surface area contributed by atoms with Crippen molar-refractivity contribution < 1.29 is 9.53 Å². The number of halogens is 1. The summed E-state index contributed by atoms with van der Waals surface area (Å²) in [5.41, 5.74) is 6.60. The van der Waals surface area contributed by atoms with E-state index in [1.54, 1.807) is 24.3 Å². The summed E-state index contributed by atoms with van der Waals surface area (Å²) in [6.45, 7) is 0.756. The Morgan fingerprint density at radius 3 is 3.00 bits per heavy atom. The molecule has 0 bridgehead atoms. The van der Waals surface area contributed by atoms with E-state index in [1.807, 2.05) is 0 Å². The van der Waals surface area contributed by atoms with Gasteiger partial charge in [-0.1, -0.05) is 23.7 Å². The van der Waals surface area contributed by atoms with Gasteiger partial charge in [0.2, 0.25) is 0 Å². The molecule has 4 nitrogen and oxygen atoms in total. The molecule has 102 valence electrons. The topological polar surface area (TPSA) is 64.3 Å². The molecule has 5 heteroatoms. The first-order valence-corrected chi connectivity index (χ1v) is 6.99. The lowest BCUT2D eigenvalue weighted by atomic mass is 9.68. The van der Waals surface area contributed by atoms with Crippen LogP contribution in [-0.4, -0.2) is 30.7 Å². The lowest BCUT2D eigenvalue weighted by Gasteiger charge is -2.52. The zero-order valence-electron chi connectivity index (χ0n) is 10.5. The van der Waals surface area contributed by atoms with Gasteiger partial charge in [0.05, 0.1) is 22.7 Å². The highest BCUT2D eigenvalue weighted by molar-refractivity contribution is 6.33. The fraction of sp³-hybridized carbons (Fsp3) is 0.500. The minimum Gasteiger partial charge on any atom is -0.376 e. The van der Waals surface area contributed by atoms with E-state index in [9.17, 15) is 4.79 Å². The molecule has 2 fully saturated rings. The van der Waals surface area contributed by atoms with Crippen molar-refractivity contribution in [3.63, 3.8) is 0 Å². The summed E-state index contributed by atoms with van der Waals surface area (Å²) in [5.74, 6) is 0.198. The number of fused-ring (bicyclic) bond motifs is 1. The minimum absolute atomic E-state index is 0.0169.